The zero-order valence-electron chi connectivity index (χ0n) is 11.1. The molecule has 8 heteroatoms. The lowest BCUT2D eigenvalue weighted by Gasteiger charge is -2.14. The molecular weight excluding hydrogens is 337 g/mol. The van der Waals surface area contributed by atoms with Crippen molar-refractivity contribution in [1.29, 1.82) is 0 Å². The highest BCUT2D eigenvalue weighted by Crippen LogP contribution is 2.38. The van der Waals surface area contributed by atoms with Gasteiger partial charge in [-0.15, -0.1) is 0 Å². The van der Waals surface area contributed by atoms with Crippen LogP contribution in [0, 0.1) is 0 Å². The quantitative estimate of drug-likeness (QED) is 0.800. The molecule has 1 aliphatic rings. The summed E-state index contributed by atoms with van der Waals surface area (Å²) in [6.07, 6.45) is 3.73. The third kappa shape index (κ3) is 3.97. The molecule has 0 radical (unpaired) electrons. The molecule has 0 spiro atoms. The molecule has 0 atom stereocenters. The van der Waals surface area contributed by atoms with E-state index >= 15 is 0 Å². The summed E-state index contributed by atoms with van der Waals surface area (Å²) in [6, 6.07) is 2.72. The lowest BCUT2D eigenvalue weighted by Crippen LogP contribution is -2.34. The van der Waals surface area contributed by atoms with E-state index in [0.29, 0.717) is 5.56 Å². The summed E-state index contributed by atoms with van der Waals surface area (Å²) in [5.41, 5.74) is -0.0307. The molecule has 5 nitrogen and oxygen atoms in total. The number of aliphatic carboxylic acids is 1. The van der Waals surface area contributed by atoms with Crippen molar-refractivity contribution in [3.05, 3.63) is 33.8 Å². The third-order valence-corrected chi connectivity index (χ3v) is 5.65. The lowest BCUT2D eigenvalue weighted by molar-refractivity contribution is -0.131. The van der Waals surface area contributed by atoms with Gasteiger partial charge in [-0.1, -0.05) is 23.2 Å². The number of sulfonamides is 1. The maximum absolute atomic E-state index is 12.3. The molecule has 0 bridgehead atoms. The first-order chi connectivity index (χ1) is 9.63. The van der Waals surface area contributed by atoms with E-state index in [1.807, 2.05) is 0 Å². The molecule has 1 aromatic rings. The molecule has 0 unspecified atom stereocenters. The van der Waals surface area contributed by atoms with Crippen molar-refractivity contribution < 1.29 is 18.3 Å². The summed E-state index contributed by atoms with van der Waals surface area (Å²) < 4.78 is 27.2. The van der Waals surface area contributed by atoms with E-state index in [-0.39, 0.29) is 14.9 Å². The van der Waals surface area contributed by atoms with E-state index in [0.717, 1.165) is 18.9 Å². The topological polar surface area (TPSA) is 83.5 Å². The Hall–Kier alpha value is -1.08. The van der Waals surface area contributed by atoms with Crippen LogP contribution in [-0.4, -0.2) is 25.0 Å². The first-order valence-electron chi connectivity index (χ1n) is 6.07. The van der Waals surface area contributed by atoms with E-state index in [4.69, 9.17) is 28.3 Å². The average Bonchev–Trinajstić information content (AvgIpc) is 3.01. The Labute approximate surface area is 132 Å². The summed E-state index contributed by atoms with van der Waals surface area (Å²) in [4.78, 5) is 10.3. The monoisotopic (exact) mass is 349 g/mol. The number of hydrogen-bond acceptors (Lipinski definition) is 3. The molecular formula is C13H13Cl2NO4S. The van der Waals surface area contributed by atoms with Crippen LogP contribution in [0.3, 0.4) is 0 Å². The molecule has 2 rings (SSSR count). The van der Waals surface area contributed by atoms with Crippen molar-refractivity contribution in [3.8, 4) is 0 Å². The van der Waals surface area contributed by atoms with Crippen LogP contribution in [0.25, 0.3) is 6.08 Å². The van der Waals surface area contributed by atoms with Gasteiger partial charge in [-0.3, -0.25) is 0 Å². The van der Waals surface area contributed by atoms with E-state index < -0.39 is 21.5 Å². The molecule has 1 fully saturated rings. The van der Waals surface area contributed by atoms with Gasteiger partial charge in [0.15, 0.2) is 0 Å². The van der Waals surface area contributed by atoms with Gasteiger partial charge in [0.2, 0.25) is 10.0 Å². The van der Waals surface area contributed by atoms with Crippen molar-refractivity contribution in [2.24, 2.45) is 0 Å². The predicted molar refractivity (Wildman–Crippen MR) is 81.1 cm³/mol. The van der Waals surface area contributed by atoms with Crippen LogP contribution in [0.4, 0.5) is 0 Å². The van der Waals surface area contributed by atoms with E-state index in [1.165, 1.54) is 18.2 Å². The number of rotatable bonds is 5. The lowest BCUT2D eigenvalue weighted by atomic mass is 10.2. The van der Waals surface area contributed by atoms with Crippen molar-refractivity contribution in [1.82, 2.24) is 4.72 Å². The number of benzene rings is 1. The van der Waals surface area contributed by atoms with Crippen LogP contribution >= 0.6 is 23.2 Å². The van der Waals surface area contributed by atoms with Gasteiger partial charge in [0.05, 0.1) is 10.0 Å². The molecule has 21 heavy (non-hydrogen) atoms. The minimum atomic E-state index is -3.82. The minimum absolute atomic E-state index is 0.0516. The molecule has 0 aliphatic heterocycles. The Bertz CT molecular complexity index is 701. The maximum atomic E-state index is 12.3. The second-order valence-electron chi connectivity index (χ2n) is 5.15. The number of carboxylic acids is 1. The normalized spacial score (nSPS) is 17.1. The second kappa shape index (κ2) is 5.61. The van der Waals surface area contributed by atoms with Crippen LogP contribution < -0.4 is 4.72 Å². The van der Waals surface area contributed by atoms with Gasteiger partial charge < -0.3 is 5.11 Å². The molecule has 1 aromatic carbocycles. The van der Waals surface area contributed by atoms with Crippen LogP contribution in [0.1, 0.15) is 25.3 Å². The number of nitrogens with one attached hydrogen (secondary N) is 1. The van der Waals surface area contributed by atoms with E-state index in [2.05, 4.69) is 4.72 Å². The smallest absolute Gasteiger partial charge is 0.328 e. The van der Waals surface area contributed by atoms with Gasteiger partial charge >= 0.3 is 5.97 Å². The number of hydrogen-bond donors (Lipinski definition) is 2. The summed E-state index contributed by atoms with van der Waals surface area (Å²) in [7, 11) is -3.82. The first-order valence-corrected chi connectivity index (χ1v) is 8.31. The van der Waals surface area contributed by atoms with Crippen molar-refractivity contribution in [3.63, 3.8) is 0 Å². The highest BCUT2D eigenvalue weighted by molar-refractivity contribution is 7.89. The Morgan fingerprint density at radius 3 is 2.29 bits per heavy atom. The third-order valence-electron chi connectivity index (χ3n) is 3.09. The number of carbonyl (C=O) groups is 1. The predicted octanol–water partition coefficient (Wildman–Crippen LogP) is 2.92. The fourth-order valence-corrected chi connectivity index (χ4v) is 4.46. The molecule has 114 valence electrons. The van der Waals surface area contributed by atoms with Gasteiger partial charge in [0, 0.05) is 11.6 Å². The number of halogens is 2. The minimum Gasteiger partial charge on any atom is -0.478 e. The molecule has 1 aliphatic carbocycles. The molecule has 0 heterocycles. The highest BCUT2D eigenvalue weighted by atomic mass is 35.5. The Balaban J connectivity index is 2.39. The Morgan fingerprint density at radius 2 is 1.86 bits per heavy atom. The average molecular weight is 350 g/mol. The molecule has 0 saturated heterocycles. The molecule has 0 amide bonds. The van der Waals surface area contributed by atoms with Gasteiger partial charge in [0.1, 0.15) is 4.90 Å². The fraction of sp³-hybridized carbons (Fsp3) is 0.308. The van der Waals surface area contributed by atoms with Gasteiger partial charge in [-0.2, -0.15) is 0 Å². The van der Waals surface area contributed by atoms with Gasteiger partial charge in [-0.25, -0.2) is 17.9 Å². The van der Waals surface area contributed by atoms with Crippen LogP contribution in [-0.2, 0) is 14.8 Å². The fourth-order valence-electron chi connectivity index (χ4n) is 1.76. The van der Waals surface area contributed by atoms with Crippen LogP contribution in [0.15, 0.2) is 23.1 Å². The van der Waals surface area contributed by atoms with Crippen LogP contribution in [0.5, 0.6) is 0 Å². The molecule has 0 aromatic heterocycles. The van der Waals surface area contributed by atoms with E-state index in [9.17, 15) is 13.2 Å². The molecule has 1 saturated carbocycles. The van der Waals surface area contributed by atoms with Gasteiger partial charge in [0.25, 0.3) is 0 Å². The number of carboxylic acid groups (broad SMARTS) is 1. The van der Waals surface area contributed by atoms with Gasteiger partial charge in [-0.05, 0) is 43.5 Å². The zero-order valence-corrected chi connectivity index (χ0v) is 13.4. The first kappa shape index (κ1) is 16.3. The largest absolute Gasteiger partial charge is 0.478 e. The van der Waals surface area contributed by atoms with Crippen molar-refractivity contribution in [2.45, 2.75) is 30.2 Å². The Morgan fingerprint density at radius 1 is 1.33 bits per heavy atom. The van der Waals surface area contributed by atoms with Crippen molar-refractivity contribution >= 4 is 45.3 Å². The SMILES string of the molecule is CC1(NS(=O)(=O)c2c(Cl)cc(/C=C/C(=O)O)cc2Cl)CC1. The second-order valence-corrected chi connectivity index (χ2v) is 7.59. The van der Waals surface area contributed by atoms with Crippen LogP contribution in [0.2, 0.25) is 10.0 Å². The highest BCUT2D eigenvalue weighted by Gasteiger charge is 2.42. The standard InChI is InChI=1S/C13H13Cl2NO4S/c1-13(4-5-13)16-21(19,20)12-9(14)6-8(7-10(12)15)2-3-11(17)18/h2-3,6-7,16H,4-5H2,1H3,(H,17,18)/b3-2+. The maximum Gasteiger partial charge on any atom is 0.328 e. The molecule has 2 N–H and O–H groups in total. The summed E-state index contributed by atoms with van der Waals surface area (Å²) in [6.45, 7) is 1.80. The summed E-state index contributed by atoms with van der Waals surface area (Å²) in [5.74, 6) is -1.12. The summed E-state index contributed by atoms with van der Waals surface area (Å²) in [5, 5.41) is 8.47. The van der Waals surface area contributed by atoms with Crippen molar-refractivity contribution in [2.75, 3.05) is 0 Å². The zero-order chi connectivity index (χ0) is 15.8. The van der Waals surface area contributed by atoms with E-state index in [1.54, 1.807) is 6.92 Å². The summed E-state index contributed by atoms with van der Waals surface area (Å²) >= 11 is 12.0. The Kier molecular flexibility index (Phi) is 4.35.